The van der Waals surface area contributed by atoms with E-state index in [1.807, 2.05) is 54.7 Å². The van der Waals surface area contributed by atoms with Crippen LogP contribution in [0.25, 0.3) is 0 Å². The predicted molar refractivity (Wildman–Crippen MR) is 255 cm³/mol. The third kappa shape index (κ3) is 41.8. The molecule has 1 amide bonds. The molecule has 0 rings (SSSR count). The molecule has 0 saturated carbocycles. The monoisotopic (exact) mass is 824 g/mol. The van der Waals surface area contributed by atoms with Gasteiger partial charge in [-0.05, 0) is 64.2 Å². The summed E-state index contributed by atoms with van der Waals surface area (Å²) in [6.45, 7) is 6.31. The van der Waals surface area contributed by atoms with Gasteiger partial charge < -0.3 is 20.3 Å². The Morgan fingerprint density at radius 1 is 0.508 bits per heavy atom. The number of nitrogens with one attached hydrogen (secondary N) is 1. The number of rotatable bonds is 43. The molecule has 0 fully saturated rings. The molecule has 0 heterocycles. The standard InChI is InChI=1S/C53H93NO5/c1-4-7-10-13-16-19-22-25-28-29-32-35-38-41-44-49(59-53(58)46-43-40-37-34-31-27-24-21-18-15-12-9-6-3)47-52(57)54-50(48-55)51(56)45-42-39-36-33-30-26-23-20-17-14-11-8-5-2/h9,12,15,18,21,24,27-29,31,34,37,49-51,55-56H,4-8,10-11,13-14,16-17,19-20,22-23,25-26,30,32-33,35-36,38-48H2,1-3H3,(H,54,57)/b12-9+,18-15+,24-21-,29-28+,31-27-,37-34+. The van der Waals surface area contributed by atoms with Crippen LogP contribution >= 0.6 is 0 Å². The van der Waals surface area contributed by atoms with Gasteiger partial charge in [-0.3, -0.25) is 9.59 Å². The average molecular weight is 824 g/mol. The Kier molecular flexibility index (Phi) is 44.2. The lowest BCUT2D eigenvalue weighted by atomic mass is 10.0. The molecule has 0 bridgehead atoms. The van der Waals surface area contributed by atoms with Crippen molar-refractivity contribution in [3.8, 4) is 0 Å². The van der Waals surface area contributed by atoms with Crippen molar-refractivity contribution >= 4 is 11.9 Å². The van der Waals surface area contributed by atoms with E-state index in [2.05, 4.69) is 44.3 Å². The van der Waals surface area contributed by atoms with Crippen molar-refractivity contribution in [3.63, 3.8) is 0 Å². The number of carbonyl (C=O) groups is 2. The Morgan fingerprint density at radius 3 is 1.44 bits per heavy atom. The van der Waals surface area contributed by atoms with Crippen LogP contribution in [-0.2, 0) is 14.3 Å². The predicted octanol–water partition coefficient (Wildman–Crippen LogP) is 14.6. The van der Waals surface area contributed by atoms with Gasteiger partial charge in [0, 0.05) is 6.42 Å². The Labute approximate surface area is 364 Å². The molecule has 3 N–H and O–H groups in total. The molecule has 340 valence electrons. The zero-order valence-electron chi connectivity index (χ0n) is 38.6. The fourth-order valence-electron chi connectivity index (χ4n) is 7.16. The number of aliphatic hydroxyl groups excluding tert-OH is 2. The van der Waals surface area contributed by atoms with E-state index in [-0.39, 0.29) is 24.9 Å². The molecule has 0 aromatic heterocycles. The van der Waals surface area contributed by atoms with Crippen molar-refractivity contribution in [1.82, 2.24) is 5.32 Å². The van der Waals surface area contributed by atoms with Gasteiger partial charge in [-0.15, -0.1) is 0 Å². The maximum atomic E-state index is 13.2. The summed E-state index contributed by atoms with van der Waals surface area (Å²) < 4.78 is 5.87. The zero-order chi connectivity index (χ0) is 43.1. The molecule has 0 radical (unpaired) electrons. The van der Waals surface area contributed by atoms with Gasteiger partial charge in [-0.2, -0.15) is 0 Å². The lowest BCUT2D eigenvalue weighted by molar-refractivity contribution is -0.151. The number of hydrogen-bond donors (Lipinski definition) is 3. The van der Waals surface area contributed by atoms with Crippen LogP contribution in [0.5, 0.6) is 0 Å². The fraction of sp³-hybridized carbons (Fsp3) is 0.736. The third-order valence-electron chi connectivity index (χ3n) is 10.9. The fourth-order valence-corrected chi connectivity index (χ4v) is 7.16. The third-order valence-corrected chi connectivity index (χ3v) is 10.9. The molecule has 3 unspecified atom stereocenters. The quantitative estimate of drug-likeness (QED) is 0.0246. The minimum absolute atomic E-state index is 0.0361. The molecule has 0 aliphatic rings. The second-order valence-corrected chi connectivity index (χ2v) is 16.6. The number of ether oxygens (including phenoxy) is 1. The average Bonchev–Trinajstić information content (AvgIpc) is 3.23. The van der Waals surface area contributed by atoms with E-state index in [0.717, 1.165) is 64.2 Å². The van der Waals surface area contributed by atoms with E-state index in [1.54, 1.807) is 0 Å². The highest BCUT2D eigenvalue weighted by molar-refractivity contribution is 5.77. The molecule has 0 spiro atoms. The van der Waals surface area contributed by atoms with E-state index in [9.17, 15) is 19.8 Å². The van der Waals surface area contributed by atoms with Gasteiger partial charge in [0.15, 0.2) is 0 Å². The number of allylic oxidation sites excluding steroid dienone is 12. The first kappa shape index (κ1) is 56.3. The van der Waals surface area contributed by atoms with Gasteiger partial charge in [-0.1, -0.05) is 222 Å². The minimum atomic E-state index is -0.805. The number of aliphatic hydroxyl groups is 2. The van der Waals surface area contributed by atoms with Crippen LogP contribution in [0.2, 0.25) is 0 Å². The molecule has 6 nitrogen and oxygen atoms in total. The Morgan fingerprint density at radius 2 is 0.932 bits per heavy atom. The van der Waals surface area contributed by atoms with E-state index >= 15 is 0 Å². The smallest absolute Gasteiger partial charge is 0.306 e. The topological polar surface area (TPSA) is 95.9 Å². The highest BCUT2D eigenvalue weighted by Gasteiger charge is 2.24. The van der Waals surface area contributed by atoms with Crippen molar-refractivity contribution in [2.75, 3.05) is 6.61 Å². The molecule has 0 saturated heterocycles. The van der Waals surface area contributed by atoms with Crippen LogP contribution in [0.3, 0.4) is 0 Å². The maximum Gasteiger partial charge on any atom is 0.306 e. The Bertz CT molecular complexity index is 1110. The van der Waals surface area contributed by atoms with E-state index in [1.165, 1.54) is 109 Å². The van der Waals surface area contributed by atoms with Crippen LogP contribution in [0.1, 0.15) is 226 Å². The summed E-state index contributed by atoms with van der Waals surface area (Å²) in [6.07, 6.45) is 58.2. The zero-order valence-corrected chi connectivity index (χ0v) is 38.6. The van der Waals surface area contributed by atoms with E-state index in [4.69, 9.17) is 4.74 Å². The van der Waals surface area contributed by atoms with Crippen LogP contribution in [0.4, 0.5) is 0 Å². The number of amides is 1. The second kappa shape index (κ2) is 46.4. The summed E-state index contributed by atoms with van der Waals surface area (Å²) in [6, 6.07) is -0.722. The van der Waals surface area contributed by atoms with Crippen LogP contribution in [0, 0.1) is 0 Å². The van der Waals surface area contributed by atoms with Gasteiger partial charge in [0.25, 0.3) is 0 Å². The maximum absolute atomic E-state index is 13.2. The number of esters is 1. The molecule has 0 aliphatic carbocycles. The van der Waals surface area contributed by atoms with Crippen molar-refractivity contribution in [3.05, 3.63) is 72.9 Å². The first-order chi connectivity index (χ1) is 29.0. The van der Waals surface area contributed by atoms with Gasteiger partial charge in [0.2, 0.25) is 5.91 Å². The molecule has 0 aromatic carbocycles. The van der Waals surface area contributed by atoms with Crippen molar-refractivity contribution in [2.24, 2.45) is 0 Å². The molecule has 6 heteroatoms. The van der Waals surface area contributed by atoms with E-state index in [0.29, 0.717) is 25.7 Å². The number of carbonyl (C=O) groups excluding carboxylic acids is 2. The summed E-state index contributed by atoms with van der Waals surface area (Å²) in [5, 5.41) is 23.7. The largest absolute Gasteiger partial charge is 0.462 e. The van der Waals surface area contributed by atoms with Crippen molar-refractivity contribution in [1.29, 1.82) is 0 Å². The second-order valence-electron chi connectivity index (χ2n) is 16.6. The highest BCUT2D eigenvalue weighted by Crippen LogP contribution is 2.17. The molecule has 0 aromatic rings. The van der Waals surface area contributed by atoms with Crippen LogP contribution < -0.4 is 5.32 Å². The first-order valence-corrected chi connectivity index (χ1v) is 24.7. The summed E-state index contributed by atoms with van der Waals surface area (Å²) in [4.78, 5) is 26.0. The van der Waals surface area contributed by atoms with Crippen LogP contribution in [0.15, 0.2) is 72.9 Å². The summed E-state index contributed by atoms with van der Waals surface area (Å²) in [5.74, 6) is -0.579. The number of unbranched alkanes of at least 4 members (excludes halogenated alkanes) is 23. The first-order valence-electron chi connectivity index (χ1n) is 24.7. The van der Waals surface area contributed by atoms with Gasteiger partial charge in [0.05, 0.1) is 25.2 Å². The SMILES string of the molecule is CC/C=C/C=C/C=C\C=C/C=C/CCCC(=O)OC(CCCCC/C=C/CCCCCCCCC)CC(=O)NC(CO)C(O)CCCCCCCCCCCCCCC. The highest BCUT2D eigenvalue weighted by atomic mass is 16.5. The molecule has 3 atom stereocenters. The van der Waals surface area contributed by atoms with Gasteiger partial charge >= 0.3 is 5.97 Å². The van der Waals surface area contributed by atoms with E-state index < -0.39 is 18.2 Å². The van der Waals surface area contributed by atoms with Gasteiger partial charge in [-0.25, -0.2) is 0 Å². The van der Waals surface area contributed by atoms with Crippen LogP contribution in [-0.4, -0.2) is 46.9 Å². The lowest BCUT2D eigenvalue weighted by Gasteiger charge is -2.24. The normalized spacial score (nSPS) is 13.9. The summed E-state index contributed by atoms with van der Waals surface area (Å²) in [7, 11) is 0. The molecular weight excluding hydrogens is 731 g/mol. The minimum Gasteiger partial charge on any atom is -0.462 e. The summed E-state index contributed by atoms with van der Waals surface area (Å²) in [5.41, 5.74) is 0. The summed E-state index contributed by atoms with van der Waals surface area (Å²) >= 11 is 0. The van der Waals surface area contributed by atoms with Gasteiger partial charge in [0.1, 0.15) is 6.10 Å². The Hall–Kier alpha value is -2.70. The van der Waals surface area contributed by atoms with Crippen molar-refractivity contribution < 1.29 is 24.5 Å². The van der Waals surface area contributed by atoms with Crippen molar-refractivity contribution in [2.45, 2.75) is 244 Å². The molecule has 0 aliphatic heterocycles. The Balaban J connectivity index is 4.72. The lowest BCUT2D eigenvalue weighted by Crippen LogP contribution is -2.46. The molecular formula is C53H93NO5. The molecule has 59 heavy (non-hydrogen) atoms. The number of hydrogen-bond acceptors (Lipinski definition) is 5.